The summed E-state index contributed by atoms with van der Waals surface area (Å²) in [4.78, 5) is 8.99. The van der Waals surface area contributed by atoms with Gasteiger partial charge in [0, 0.05) is 31.1 Å². The van der Waals surface area contributed by atoms with Crippen molar-refractivity contribution in [1.29, 1.82) is 0 Å². The number of nitrogens with one attached hydrogen (secondary N) is 2. The fourth-order valence-electron chi connectivity index (χ4n) is 1.78. The minimum atomic E-state index is 0.699. The average Bonchev–Trinajstić information content (AvgIpc) is 2.90. The van der Waals surface area contributed by atoms with Crippen molar-refractivity contribution in [1.82, 2.24) is 9.97 Å². The first-order valence-corrected chi connectivity index (χ1v) is 6.68. The molecule has 0 fully saturated rings. The Morgan fingerprint density at radius 1 is 1.16 bits per heavy atom. The fraction of sp³-hybridized carbons (Fsp3) is 0.429. The van der Waals surface area contributed by atoms with Gasteiger partial charge in [0.1, 0.15) is 17.5 Å². The Labute approximate surface area is 113 Å². The van der Waals surface area contributed by atoms with E-state index in [-0.39, 0.29) is 0 Å². The van der Waals surface area contributed by atoms with E-state index < -0.39 is 0 Å². The zero-order chi connectivity index (χ0) is 13.5. The van der Waals surface area contributed by atoms with Crippen LogP contribution in [0.2, 0.25) is 0 Å². The molecule has 2 heterocycles. The number of aryl methyl sites for hydroxylation is 1. The van der Waals surface area contributed by atoms with Crippen molar-refractivity contribution in [3.05, 3.63) is 36.0 Å². The third kappa shape index (κ3) is 3.98. The van der Waals surface area contributed by atoms with Crippen LogP contribution in [0.1, 0.15) is 31.7 Å². The maximum Gasteiger partial charge on any atom is 0.133 e. The maximum atomic E-state index is 5.04. The number of hydrogen-bond acceptors (Lipinski definition) is 5. The van der Waals surface area contributed by atoms with Crippen molar-refractivity contribution in [3.63, 3.8) is 0 Å². The highest BCUT2D eigenvalue weighted by atomic mass is 16.3. The van der Waals surface area contributed by atoms with Crippen molar-refractivity contribution in [2.75, 3.05) is 17.2 Å². The second kappa shape index (κ2) is 6.78. The van der Waals surface area contributed by atoms with E-state index in [9.17, 15) is 0 Å². The van der Waals surface area contributed by atoms with Crippen LogP contribution >= 0.6 is 0 Å². The molecule has 19 heavy (non-hydrogen) atoms. The van der Waals surface area contributed by atoms with Crippen LogP contribution in [0, 0.1) is 0 Å². The minimum Gasteiger partial charge on any atom is -0.472 e. The number of furan rings is 1. The Kier molecular flexibility index (Phi) is 4.78. The molecule has 0 bridgehead atoms. The van der Waals surface area contributed by atoms with E-state index in [2.05, 4.69) is 34.4 Å². The highest BCUT2D eigenvalue weighted by Gasteiger charge is 2.04. The Bertz CT molecular complexity index is 472. The van der Waals surface area contributed by atoms with Crippen LogP contribution in [0.4, 0.5) is 11.6 Å². The predicted molar refractivity (Wildman–Crippen MR) is 76.2 cm³/mol. The first-order chi connectivity index (χ1) is 9.31. The number of anilines is 2. The highest BCUT2D eigenvalue weighted by molar-refractivity contribution is 5.47. The molecule has 0 unspecified atom stereocenters. The first-order valence-electron chi connectivity index (χ1n) is 6.68. The van der Waals surface area contributed by atoms with Crippen molar-refractivity contribution in [3.8, 4) is 0 Å². The van der Waals surface area contributed by atoms with E-state index in [0.29, 0.717) is 6.54 Å². The van der Waals surface area contributed by atoms with E-state index in [1.54, 1.807) is 12.5 Å². The summed E-state index contributed by atoms with van der Waals surface area (Å²) < 4.78 is 5.04. The van der Waals surface area contributed by atoms with Crippen LogP contribution in [-0.4, -0.2) is 16.5 Å². The summed E-state index contributed by atoms with van der Waals surface area (Å²) in [5, 5.41) is 6.52. The summed E-state index contributed by atoms with van der Waals surface area (Å²) in [5.74, 6) is 2.59. The van der Waals surface area contributed by atoms with Crippen LogP contribution in [0.3, 0.4) is 0 Å². The molecule has 102 valence electrons. The topological polar surface area (TPSA) is 63.0 Å². The zero-order valence-corrected chi connectivity index (χ0v) is 11.4. The standard InChI is InChI=1S/C14H20N4O/c1-3-5-12-17-13(15-4-2)8-14(18-12)16-9-11-6-7-19-10-11/h6-8,10H,3-5,9H2,1-2H3,(H2,15,16,17,18). The summed E-state index contributed by atoms with van der Waals surface area (Å²) in [6.45, 7) is 5.73. The molecule has 5 heteroatoms. The van der Waals surface area contributed by atoms with Gasteiger partial charge in [0.15, 0.2) is 0 Å². The zero-order valence-electron chi connectivity index (χ0n) is 11.4. The van der Waals surface area contributed by atoms with Gasteiger partial charge in [0.05, 0.1) is 12.5 Å². The summed E-state index contributed by atoms with van der Waals surface area (Å²) in [6.07, 6.45) is 5.33. The Morgan fingerprint density at radius 2 is 1.95 bits per heavy atom. The van der Waals surface area contributed by atoms with E-state index in [4.69, 9.17) is 4.42 Å². The summed E-state index contributed by atoms with van der Waals surface area (Å²) >= 11 is 0. The Balaban J connectivity index is 2.08. The summed E-state index contributed by atoms with van der Waals surface area (Å²) in [7, 11) is 0. The van der Waals surface area contributed by atoms with Gasteiger partial charge in [0.2, 0.25) is 0 Å². The number of nitrogens with zero attached hydrogens (tertiary/aromatic N) is 2. The molecule has 0 aliphatic carbocycles. The molecule has 2 aromatic heterocycles. The largest absolute Gasteiger partial charge is 0.472 e. The predicted octanol–water partition coefficient (Wildman–Crippen LogP) is 3.07. The summed E-state index contributed by atoms with van der Waals surface area (Å²) in [6, 6.07) is 3.87. The fourth-order valence-corrected chi connectivity index (χ4v) is 1.78. The molecule has 0 amide bonds. The van der Waals surface area contributed by atoms with E-state index in [1.807, 2.05) is 12.1 Å². The third-order valence-electron chi connectivity index (χ3n) is 2.66. The van der Waals surface area contributed by atoms with Gasteiger partial charge in [-0.1, -0.05) is 6.92 Å². The Morgan fingerprint density at radius 3 is 2.58 bits per heavy atom. The van der Waals surface area contributed by atoms with Crippen molar-refractivity contribution in [2.24, 2.45) is 0 Å². The normalized spacial score (nSPS) is 10.4. The van der Waals surface area contributed by atoms with Crippen LogP contribution in [0.15, 0.2) is 29.1 Å². The van der Waals surface area contributed by atoms with Crippen molar-refractivity contribution in [2.45, 2.75) is 33.2 Å². The second-order valence-electron chi connectivity index (χ2n) is 4.32. The quantitative estimate of drug-likeness (QED) is 0.801. The van der Waals surface area contributed by atoms with Crippen LogP contribution in [0.25, 0.3) is 0 Å². The molecule has 5 nitrogen and oxygen atoms in total. The lowest BCUT2D eigenvalue weighted by Crippen LogP contribution is -2.08. The second-order valence-corrected chi connectivity index (χ2v) is 4.32. The monoisotopic (exact) mass is 260 g/mol. The molecule has 0 aliphatic heterocycles. The van der Waals surface area contributed by atoms with Crippen molar-refractivity contribution >= 4 is 11.6 Å². The average molecular weight is 260 g/mol. The van der Waals surface area contributed by atoms with Gasteiger partial charge in [-0.15, -0.1) is 0 Å². The molecule has 0 spiro atoms. The molecule has 0 aromatic carbocycles. The molecular weight excluding hydrogens is 240 g/mol. The lowest BCUT2D eigenvalue weighted by molar-refractivity contribution is 0.564. The maximum absolute atomic E-state index is 5.04. The molecule has 0 aliphatic rings. The smallest absolute Gasteiger partial charge is 0.133 e. The molecule has 0 atom stereocenters. The van der Waals surface area contributed by atoms with Gasteiger partial charge in [0.25, 0.3) is 0 Å². The van der Waals surface area contributed by atoms with Crippen LogP contribution in [-0.2, 0) is 13.0 Å². The SMILES string of the molecule is CCCc1nc(NCC)cc(NCc2ccoc2)n1. The van der Waals surface area contributed by atoms with Crippen molar-refractivity contribution < 1.29 is 4.42 Å². The van der Waals surface area contributed by atoms with Gasteiger partial charge in [-0.25, -0.2) is 9.97 Å². The molecular formula is C14H20N4O. The highest BCUT2D eigenvalue weighted by Crippen LogP contribution is 2.13. The lowest BCUT2D eigenvalue weighted by atomic mass is 10.3. The van der Waals surface area contributed by atoms with E-state index >= 15 is 0 Å². The molecule has 2 aromatic rings. The lowest BCUT2D eigenvalue weighted by Gasteiger charge is -2.09. The first kappa shape index (κ1) is 13.4. The number of rotatable bonds is 7. The van der Waals surface area contributed by atoms with Gasteiger partial charge in [-0.3, -0.25) is 0 Å². The molecule has 0 radical (unpaired) electrons. The van der Waals surface area contributed by atoms with Gasteiger partial charge >= 0.3 is 0 Å². The minimum absolute atomic E-state index is 0.699. The molecule has 2 rings (SSSR count). The third-order valence-corrected chi connectivity index (χ3v) is 2.66. The molecule has 0 saturated carbocycles. The molecule has 0 saturated heterocycles. The van der Waals surface area contributed by atoms with E-state index in [0.717, 1.165) is 42.4 Å². The van der Waals surface area contributed by atoms with Crippen LogP contribution in [0.5, 0.6) is 0 Å². The number of hydrogen-bond donors (Lipinski definition) is 2. The Hall–Kier alpha value is -2.04. The van der Waals surface area contributed by atoms with Gasteiger partial charge in [-0.2, -0.15) is 0 Å². The van der Waals surface area contributed by atoms with Gasteiger partial charge in [-0.05, 0) is 19.4 Å². The summed E-state index contributed by atoms with van der Waals surface area (Å²) in [5.41, 5.74) is 1.10. The van der Waals surface area contributed by atoms with Crippen LogP contribution < -0.4 is 10.6 Å². The van der Waals surface area contributed by atoms with E-state index in [1.165, 1.54) is 0 Å². The van der Waals surface area contributed by atoms with Gasteiger partial charge < -0.3 is 15.1 Å². The number of aromatic nitrogens is 2. The molecule has 2 N–H and O–H groups in total.